The third-order valence-electron chi connectivity index (χ3n) is 6.11. The number of aryl methyl sites for hydroxylation is 2. The molecule has 1 aromatic carbocycles. The predicted molar refractivity (Wildman–Crippen MR) is 94.7 cm³/mol. The summed E-state index contributed by atoms with van der Waals surface area (Å²) < 4.78 is 11.6. The topological polar surface area (TPSA) is 75.9 Å². The standard InChI is InChI=1S/C20H21N3O4/c1-12-18(13(2)27-21-12)19(25)22-9-8-20-16(22)10-17(24)23(20)11-15(26-20)14-6-4-3-5-7-14/h3-7,15-16H,8-11H2,1-2H3/t15-,16-,20+/m1/s1. The van der Waals surface area contributed by atoms with Crippen molar-refractivity contribution in [3.05, 3.63) is 52.9 Å². The molecule has 3 saturated heterocycles. The van der Waals surface area contributed by atoms with Crippen LogP contribution >= 0.6 is 0 Å². The van der Waals surface area contributed by atoms with Crippen LogP contribution in [0.25, 0.3) is 0 Å². The largest absolute Gasteiger partial charge is 0.361 e. The molecule has 4 heterocycles. The number of nitrogens with zero attached hydrogens (tertiary/aromatic N) is 3. The molecule has 2 amide bonds. The normalized spacial score (nSPS) is 29.3. The van der Waals surface area contributed by atoms with E-state index in [2.05, 4.69) is 5.16 Å². The van der Waals surface area contributed by atoms with E-state index in [1.165, 1.54) is 0 Å². The molecule has 2 aromatic rings. The van der Waals surface area contributed by atoms with Crippen molar-refractivity contribution in [2.24, 2.45) is 0 Å². The fraction of sp³-hybridized carbons (Fsp3) is 0.450. The van der Waals surface area contributed by atoms with Crippen LogP contribution < -0.4 is 0 Å². The first-order valence-electron chi connectivity index (χ1n) is 9.28. The molecule has 5 rings (SSSR count). The molecule has 3 aliphatic heterocycles. The van der Waals surface area contributed by atoms with Crippen LogP contribution in [-0.2, 0) is 9.53 Å². The van der Waals surface area contributed by atoms with Gasteiger partial charge in [0.2, 0.25) is 5.91 Å². The van der Waals surface area contributed by atoms with Gasteiger partial charge >= 0.3 is 0 Å². The average Bonchev–Trinajstić information content (AvgIpc) is 3.37. The van der Waals surface area contributed by atoms with Crippen molar-refractivity contribution >= 4 is 11.8 Å². The number of carbonyl (C=O) groups excluding carboxylic acids is 2. The Morgan fingerprint density at radius 1 is 1.26 bits per heavy atom. The molecule has 7 nitrogen and oxygen atoms in total. The SMILES string of the molecule is Cc1noc(C)c1C(=O)N1CC[C@@]23O[C@@H](c4ccccc4)CN2C(=O)C[C@@H]13. The number of benzene rings is 1. The summed E-state index contributed by atoms with van der Waals surface area (Å²) in [6.07, 6.45) is 0.769. The zero-order valence-corrected chi connectivity index (χ0v) is 15.3. The molecule has 0 bridgehead atoms. The lowest BCUT2D eigenvalue weighted by molar-refractivity contribution is -0.138. The van der Waals surface area contributed by atoms with E-state index in [1.54, 1.807) is 18.7 Å². The molecule has 3 atom stereocenters. The molecular formula is C20H21N3O4. The summed E-state index contributed by atoms with van der Waals surface area (Å²) in [4.78, 5) is 29.5. The van der Waals surface area contributed by atoms with Crippen LogP contribution in [0.5, 0.6) is 0 Å². The Balaban J connectivity index is 1.47. The minimum atomic E-state index is -0.716. The molecule has 1 spiro atoms. The molecule has 0 unspecified atom stereocenters. The van der Waals surface area contributed by atoms with Gasteiger partial charge in [0.25, 0.3) is 5.91 Å². The molecule has 0 N–H and O–H groups in total. The van der Waals surface area contributed by atoms with Crippen LogP contribution in [0.15, 0.2) is 34.9 Å². The van der Waals surface area contributed by atoms with Crippen molar-refractivity contribution in [2.75, 3.05) is 13.1 Å². The smallest absolute Gasteiger partial charge is 0.259 e. The van der Waals surface area contributed by atoms with Gasteiger partial charge in [-0.15, -0.1) is 0 Å². The Morgan fingerprint density at radius 3 is 2.74 bits per heavy atom. The number of ether oxygens (including phenoxy) is 1. The molecule has 0 radical (unpaired) electrons. The Bertz CT molecular complexity index is 905. The van der Waals surface area contributed by atoms with E-state index in [0.29, 0.717) is 42.9 Å². The van der Waals surface area contributed by atoms with Crippen LogP contribution in [-0.4, -0.2) is 51.6 Å². The van der Waals surface area contributed by atoms with Gasteiger partial charge in [-0.3, -0.25) is 9.59 Å². The lowest BCUT2D eigenvalue weighted by Gasteiger charge is -2.32. The molecule has 140 valence electrons. The molecule has 3 aliphatic rings. The van der Waals surface area contributed by atoms with Crippen molar-refractivity contribution in [3.8, 4) is 0 Å². The minimum absolute atomic E-state index is 0.0506. The van der Waals surface area contributed by atoms with Crippen LogP contribution in [0, 0.1) is 13.8 Å². The van der Waals surface area contributed by atoms with Crippen molar-refractivity contribution in [1.29, 1.82) is 0 Å². The summed E-state index contributed by atoms with van der Waals surface area (Å²) in [5, 5.41) is 3.89. The van der Waals surface area contributed by atoms with Gasteiger partial charge in [-0.25, -0.2) is 0 Å². The number of hydrogen-bond acceptors (Lipinski definition) is 5. The minimum Gasteiger partial charge on any atom is -0.361 e. The van der Waals surface area contributed by atoms with Crippen molar-refractivity contribution in [1.82, 2.24) is 15.0 Å². The van der Waals surface area contributed by atoms with E-state index >= 15 is 0 Å². The Kier molecular flexibility index (Phi) is 3.46. The third-order valence-corrected chi connectivity index (χ3v) is 6.11. The third kappa shape index (κ3) is 2.21. The highest BCUT2D eigenvalue weighted by atomic mass is 16.5. The molecule has 0 aliphatic carbocycles. The Labute approximate surface area is 156 Å². The van der Waals surface area contributed by atoms with Gasteiger partial charge in [0.15, 0.2) is 5.72 Å². The summed E-state index contributed by atoms with van der Waals surface area (Å²) in [5.74, 6) is 0.429. The molecule has 3 fully saturated rings. The number of likely N-dealkylation sites (tertiary alicyclic amines) is 1. The fourth-order valence-electron chi connectivity index (χ4n) is 4.84. The van der Waals surface area contributed by atoms with Gasteiger partial charge in [0, 0.05) is 13.0 Å². The second-order valence-electron chi connectivity index (χ2n) is 7.53. The second kappa shape index (κ2) is 5.66. The fourth-order valence-corrected chi connectivity index (χ4v) is 4.84. The van der Waals surface area contributed by atoms with Crippen LogP contribution in [0.4, 0.5) is 0 Å². The maximum atomic E-state index is 13.2. The van der Waals surface area contributed by atoms with Gasteiger partial charge < -0.3 is 19.1 Å². The number of amides is 2. The second-order valence-corrected chi connectivity index (χ2v) is 7.53. The highest BCUT2D eigenvalue weighted by Crippen LogP contribution is 2.50. The summed E-state index contributed by atoms with van der Waals surface area (Å²) >= 11 is 0. The number of carbonyl (C=O) groups is 2. The first kappa shape index (κ1) is 16.5. The Morgan fingerprint density at radius 2 is 2.04 bits per heavy atom. The van der Waals surface area contributed by atoms with Crippen LogP contribution in [0.2, 0.25) is 0 Å². The van der Waals surface area contributed by atoms with Crippen molar-refractivity contribution in [2.45, 2.75) is 44.6 Å². The van der Waals surface area contributed by atoms with E-state index in [9.17, 15) is 9.59 Å². The monoisotopic (exact) mass is 367 g/mol. The van der Waals surface area contributed by atoms with E-state index in [4.69, 9.17) is 9.26 Å². The van der Waals surface area contributed by atoms with Gasteiger partial charge in [0.05, 0.1) is 24.7 Å². The zero-order valence-electron chi connectivity index (χ0n) is 15.3. The molecule has 7 heteroatoms. The lowest BCUT2D eigenvalue weighted by Crippen LogP contribution is -2.48. The van der Waals surface area contributed by atoms with E-state index in [1.807, 2.05) is 35.2 Å². The van der Waals surface area contributed by atoms with E-state index in [0.717, 1.165) is 5.56 Å². The first-order valence-corrected chi connectivity index (χ1v) is 9.28. The summed E-state index contributed by atoms with van der Waals surface area (Å²) in [6, 6.07) is 9.67. The zero-order chi connectivity index (χ0) is 18.8. The molecule has 0 saturated carbocycles. The summed E-state index contributed by atoms with van der Waals surface area (Å²) in [6.45, 7) is 4.59. The van der Waals surface area contributed by atoms with Gasteiger partial charge in [-0.1, -0.05) is 35.5 Å². The molecular weight excluding hydrogens is 346 g/mol. The van der Waals surface area contributed by atoms with Crippen LogP contribution in [0.3, 0.4) is 0 Å². The van der Waals surface area contributed by atoms with Gasteiger partial charge in [0.1, 0.15) is 17.4 Å². The predicted octanol–water partition coefficient (Wildman–Crippen LogP) is 2.21. The highest BCUT2D eigenvalue weighted by Gasteiger charge is 2.65. The highest BCUT2D eigenvalue weighted by molar-refractivity contribution is 5.97. The number of aromatic nitrogens is 1. The van der Waals surface area contributed by atoms with Crippen molar-refractivity contribution in [3.63, 3.8) is 0 Å². The summed E-state index contributed by atoms with van der Waals surface area (Å²) in [5.41, 5.74) is 1.42. The maximum Gasteiger partial charge on any atom is 0.259 e. The number of rotatable bonds is 2. The Hall–Kier alpha value is -2.67. The van der Waals surface area contributed by atoms with Crippen molar-refractivity contribution < 1.29 is 18.8 Å². The quantitative estimate of drug-likeness (QED) is 0.813. The average molecular weight is 367 g/mol. The maximum absolute atomic E-state index is 13.2. The molecule has 27 heavy (non-hydrogen) atoms. The number of hydrogen-bond donors (Lipinski definition) is 0. The van der Waals surface area contributed by atoms with E-state index < -0.39 is 5.72 Å². The first-order chi connectivity index (χ1) is 13.0. The van der Waals surface area contributed by atoms with Crippen LogP contribution in [0.1, 0.15) is 46.3 Å². The van der Waals surface area contributed by atoms with Gasteiger partial charge in [-0.05, 0) is 19.4 Å². The molecule has 1 aromatic heterocycles. The van der Waals surface area contributed by atoms with E-state index in [-0.39, 0.29) is 24.0 Å². The lowest BCUT2D eigenvalue weighted by atomic mass is 10.1. The summed E-state index contributed by atoms with van der Waals surface area (Å²) in [7, 11) is 0. The van der Waals surface area contributed by atoms with Gasteiger partial charge in [-0.2, -0.15) is 0 Å².